The zero-order chi connectivity index (χ0) is 17.2. The van der Waals surface area contributed by atoms with Crippen molar-refractivity contribution in [2.75, 3.05) is 0 Å². The van der Waals surface area contributed by atoms with Gasteiger partial charge < -0.3 is 0 Å². The van der Waals surface area contributed by atoms with Crippen LogP contribution in [-0.4, -0.2) is 15.0 Å². The summed E-state index contributed by atoms with van der Waals surface area (Å²) in [6.07, 6.45) is 0. The van der Waals surface area contributed by atoms with E-state index >= 15 is 0 Å². The van der Waals surface area contributed by atoms with Crippen molar-refractivity contribution in [3.05, 3.63) is 89.7 Å². The molecule has 3 nitrogen and oxygen atoms in total. The second kappa shape index (κ2) is 6.49. The summed E-state index contributed by atoms with van der Waals surface area (Å²) in [4.78, 5) is 0. The highest BCUT2D eigenvalue weighted by atomic mass is 35.5. The number of hydrogen-bond acceptors (Lipinski definition) is 2. The van der Waals surface area contributed by atoms with Crippen molar-refractivity contribution in [2.45, 2.75) is 0 Å². The predicted octanol–water partition coefficient (Wildman–Crippen LogP) is 5.39. The summed E-state index contributed by atoms with van der Waals surface area (Å²) in [6.45, 7) is 0. The predicted molar refractivity (Wildman–Crippen MR) is 97.2 cm³/mol. The van der Waals surface area contributed by atoms with Crippen molar-refractivity contribution in [3.63, 3.8) is 0 Å². The van der Waals surface area contributed by atoms with Gasteiger partial charge in [0.1, 0.15) is 17.2 Å². The van der Waals surface area contributed by atoms with E-state index < -0.39 is 0 Å². The Bertz CT molecular complexity index is 994. The molecule has 0 bridgehead atoms. The molecule has 0 saturated heterocycles. The molecular weight excluding hydrogens is 337 g/mol. The lowest BCUT2D eigenvalue weighted by atomic mass is 10.0. The topological polar surface area (TPSA) is 30.7 Å². The molecule has 25 heavy (non-hydrogen) atoms. The van der Waals surface area contributed by atoms with Crippen molar-refractivity contribution in [2.24, 2.45) is 0 Å². The highest BCUT2D eigenvalue weighted by Gasteiger charge is 2.18. The Morgan fingerprint density at radius 3 is 2.08 bits per heavy atom. The van der Waals surface area contributed by atoms with E-state index in [4.69, 9.17) is 11.6 Å². The van der Waals surface area contributed by atoms with Crippen molar-refractivity contribution >= 4 is 11.6 Å². The van der Waals surface area contributed by atoms with E-state index in [0.717, 1.165) is 22.5 Å². The van der Waals surface area contributed by atoms with Crippen LogP contribution in [0.15, 0.2) is 78.9 Å². The first-order valence-corrected chi connectivity index (χ1v) is 8.13. The number of aromatic nitrogens is 3. The minimum absolute atomic E-state index is 0.282. The van der Waals surface area contributed by atoms with Gasteiger partial charge in [-0.15, -0.1) is 5.10 Å². The summed E-state index contributed by atoms with van der Waals surface area (Å²) < 4.78 is 15.1. The van der Waals surface area contributed by atoms with Gasteiger partial charge in [-0.05, 0) is 48.5 Å². The molecule has 1 aromatic heterocycles. The van der Waals surface area contributed by atoms with Crippen molar-refractivity contribution in [3.8, 4) is 28.2 Å². The van der Waals surface area contributed by atoms with Gasteiger partial charge in [0.05, 0.1) is 5.69 Å². The van der Waals surface area contributed by atoms with Crippen LogP contribution < -0.4 is 0 Å². The van der Waals surface area contributed by atoms with Gasteiger partial charge in [-0.3, -0.25) is 0 Å². The number of para-hydroxylation sites is 1. The Labute approximate surface area is 149 Å². The van der Waals surface area contributed by atoms with E-state index in [0.29, 0.717) is 10.7 Å². The molecule has 0 unspecified atom stereocenters. The molecule has 0 aliphatic rings. The lowest BCUT2D eigenvalue weighted by Gasteiger charge is -2.09. The van der Waals surface area contributed by atoms with Crippen LogP contribution in [0, 0.1) is 5.82 Å². The van der Waals surface area contributed by atoms with Crippen molar-refractivity contribution in [1.82, 2.24) is 15.0 Å². The Morgan fingerprint density at radius 2 is 1.40 bits per heavy atom. The second-order valence-electron chi connectivity index (χ2n) is 5.55. The highest BCUT2D eigenvalue weighted by molar-refractivity contribution is 6.30. The number of rotatable bonds is 3. The van der Waals surface area contributed by atoms with E-state index in [1.807, 2.05) is 54.6 Å². The molecule has 0 fully saturated rings. The third-order valence-corrected chi connectivity index (χ3v) is 4.16. The molecule has 122 valence electrons. The molecule has 3 aromatic carbocycles. The van der Waals surface area contributed by atoms with Crippen LogP contribution in [0.5, 0.6) is 0 Å². The number of halogens is 2. The summed E-state index contributed by atoms with van der Waals surface area (Å²) in [5.41, 5.74) is 4.13. The number of hydrogen-bond donors (Lipinski definition) is 0. The summed E-state index contributed by atoms with van der Waals surface area (Å²) in [7, 11) is 0. The molecule has 0 N–H and O–H groups in total. The highest BCUT2D eigenvalue weighted by Crippen LogP contribution is 2.32. The van der Waals surface area contributed by atoms with Crippen LogP contribution in [-0.2, 0) is 0 Å². The molecule has 4 rings (SSSR count). The molecule has 0 aliphatic carbocycles. The van der Waals surface area contributed by atoms with Gasteiger partial charge in [0.2, 0.25) is 0 Å². The fourth-order valence-electron chi connectivity index (χ4n) is 2.70. The van der Waals surface area contributed by atoms with Crippen molar-refractivity contribution in [1.29, 1.82) is 0 Å². The van der Waals surface area contributed by atoms with Crippen molar-refractivity contribution < 1.29 is 4.39 Å². The van der Waals surface area contributed by atoms with Gasteiger partial charge >= 0.3 is 0 Å². The monoisotopic (exact) mass is 349 g/mol. The Kier molecular flexibility index (Phi) is 4.04. The summed E-state index contributed by atoms with van der Waals surface area (Å²) in [6, 6.07) is 23.5. The second-order valence-corrected chi connectivity index (χ2v) is 5.98. The first-order valence-electron chi connectivity index (χ1n) is 7.75. The van der Waals surface area contributed by atoms with E-state index in [-0.39, 0.29) is 5.82 Å². The fraction of sp³-hybridized carbons (Fsp3) is 0. The Balaban J connectivity index is 1.94. The SMILES string of the molecule is Fc1ccc(-c2c(-c3ccc(Cl)cc3)nnn2-c2ccccc2)cc1. The zero-order valence-corrected chi connectivity index (χ0v) is 13.9. The lowest BCUT2D eigenvalue weighted by molar-refractivity contribution is 0.628. The molecular formula is C20H13ClFN3. The van der Waals surface area contributed by atoms with E-state index in [9.17, 15) is 4.39 Å². The standard InChI is InChI=1S/C20H13ClFN3/c21-16-10-6-14(7-11-16)19-20(15-8-12-17(22)13-9-15)25(24-23-19)18-4-2-1-3-5-18/h1-13H. The smallest absolute Gasteiger partial charge is 0.123 e. The number of nitrogens with zero attached hydrogens (tertiary/aromatic N) is 3. The third-order valence-electron chi connectivity index (χ3n) is 3.91. The fourth-order valence-corrected chi connectivity index (χ4v) is 2.83. The molecule has 5 heteroatoms. The normalized spacial score (nSPS) is 10.8. The quantitative estimate of drug-likeness (QED) is 0.496. The molecule has 0 atom stereocenters. The van der Waals surface area contributed by atoms with E-state index in [1.54, 1.807) is 16.8 Å². The minimum atomic E-state index is -0.282. The van der Waals surface area contributed by atoms with E-state index in [1.165, 1.54) is 12.1 Å². The first kappa shape index (κ1) is 15.5. The van der Waals surface area contributed by atoms with Gasteiger partial charge in [0, 0.05) is 16.1 Å². The molecule has 0 aliphatic heterocycles. The zero-order valence-electron chi connectivity index (χ0n) is 13.1. The van der Waals surface area contributed by atoms with E-state index in [2.05, 4.69) is 10.3 Å². The van der Waals surface area contributed by atoms with Crippen LogP contribution in [0.4, 0.5) is 4.39 Å². The first-order chi connectivity index (χ1) is 12.2. The maximum atomic E-state index is 13.4. The summed E-state index contributed by atoms with van der Waals surface area (Å²) >= 11 is 5.99. The van der Waals surface area contributed by atoms with Crippen LogP contribution in [0.2, 0.25) is 5.02 Å². The van der Waals surface area contributed by atoms with Crippen LogP contribution >= 0.6 is 11.6 Å². The minimum Gasteiger partial charge on any atom is -0.212 e. The molecule has 0 radical (unpaired) electrons. The maximum Gasteiger partial charge on any atom is 0.123 e. The van der Waals surface area contributed by atoms with Crippen LogP contribution in [0.3, 0.4) is 0 Å². The number of benzene rings is 3. The van der Waals surface area contributed by atoms with Gasteiger partial charge in [0.25, 0.3) is 0 Å². The van der Waals surface area contributed by atoms with Crippen LogP contribution in [0.25, 0.3) is 28.2 Å². The van der Waals surface area contributed by atoms with Gasteiger partial charge in [-0.2, -0.15) is 0 Å². The Morgan fingerprint density at radius 1 is 0.760 bits per heavy atom. The largest absolute Gasteiger partial charge is 0.212 e. The summed E-state index contributed by atoms with van der Waals surface area (Å²) in [5, 5.41) is 9.35. The molecule has 0 amide bonds. The van der Waals surface area contributed by atoms with Crippen LogP contribution in [0.1, 0.15) is 0 Å². The van der Waals surface area contributed by atoms with Gasteiger partial charge in [-0.1, -0.05) is 47.1 Å². The lowest BCUT2D eigenvalue weighted by Crippen LogP contribution is -1.99. The maximum absolute atomic E-state index is 13.4. The van der Waals surface area contributed by atoms with Gasteiger partial charge in [-0.25, -0.2) is 9.07 Å². The third kappa shape index (κ3) is 3.04. The molecule has 4 aromatic rings. The average molecular weight is 350 g/mol. The average Bonchev–Trinajstić information content (AvgIpc) is 3.09. The Hall–Kier alpha value is -2.98. The molecule has 0 saturated carbocycles. The molecule has 1 heterocycles. The van der Waals surface area contributed by atoms with Gasteiger partial charge in [0.15, 0.2) is 0 Å². The molecule has 0 spiro atoms. The summed E-state index contributed by atoms with van der Waals surface area (Å²) in [5.74, 6) is -0.282.